The summed E-state index contributed by atoms with van der Waals surface area (Å²) >= 11 is 6.84. The highest BCUT2D eigenvalue weighted by atomic mass is 79.9. The van der Waals surface area contributed by atoms with Crippen molar-refractivity contribution in [1.29, 1.82) is 0 Å². The van der Waals surface area contributed by atoms with Gasteiger partial charge < -0.3 is 4.74 Å². The van der Waals surface area contributed by atoms with E-state index in [-0.39, 0.29) is 23.3 Å². The van der Waals surface area contributed by atoms with Crippen LogP contribution in [0.2, 0.25) is 0 Å². The summed E-state index contributed by atoms with van der Waals surface area (Å²) in [6.45, 7) is 2.00. The van der Waals surface area contributed by atoms with E-state index in [9.17, 15) is 9.59 Å². The third-order valence-corrected chi connectivity index (χ3v) is 6.22. The maximum atomic E-state index is 11.9. The molecule has 3 unspecified atom stereocenters. The summed E-state index contributed by atoms with van der Waals surface area (Å²) in [5.41, 5.74) is -0.849. The smallest absolute Gasteiger partial charge is 0.321 e. The Balaban J connectivity index is 2.53. The van der Waals surface area contributed by atoms with Crippen molar-refractivity contribution >= 4 is 43.8 Å². The van der Waals surface area contributed by atoms with Crippen molar-refractivity contribution in [3.8, 4) is 0 Å². The Bertz CT molecular complexity index is 331. The van der Waals surface area contributed by atoms with Crippen LogP contribution in [-0.2, 0) is 14.3 Å². The molecule has 2 bridgehead atoms. The zero-order valence-electron chi connectivity index (χ0n) is 8.39. The molecule has 0 aromatic heterocycles. The van der Waals surface area contributed by atoms with Gasteiger partial charge in [0.2, 0.25) is 0 Å². The molecule has 3 nitrogen and oxygen atoms in total. The average molecular weight is 340 g/mol. The van der Waals surface area contributed by atoms with Gasteiger partial charge in [-0.25, -0.2) is 0 Å². The summed E-state index contributed by atoms with van der Waals surface area (Å²) in [5.74, 6) is -0.858. The molecule has 1 aliphatic carbocycles. The van der Waals surface area contributed by atoms with Gasteiger partial charge in [-0.1, -0.05) is 38.8 Å². The van der Waals surface area contributed by atoms with Crippen molar-refractivity contribution in [1.82, 2.24) is 0 Å². The predicted molar refractivity (Wildman–Crippen MR) is 62.0 cm³/mol. The number of cyclic esters (lactones) is 2. The van der Waals surface area contributed by atoms with Gasteiger partial charge in [0.05, 0.1) is 11.3 Å². The number of rotatable bonds is 2. The summed E-state index contributed by atoms with van der Waals surface area (Å²) in [7, 11) is 0. The van der Waals surface area contributed by atoms with Crippen LogP contribution in [0.5, 0.6) is 0 Å². The molecule has 15 heavy (non-hydrogen) atoms. The van der Waals surface area contributed by atoms with Crippen LogP contribution >= 0.6 is 31.9 Å². The number of fused-ring (bicyclic) bond motifs is 2. The van der Waals surface area contributed by atoms with E-state index in [1.807, 2.05) is 6.92 Å². The first kappa shape index (κ1) is 11.6. The van der Waals surface area contributed by atoms with Crippen LogP contribution in [0.15, 0.2) is 0 Å². The molecule has 2 rings (SSSR count). The molecule has 0 N–H and O–H groups in total. The lowest BCUT2D eigenvalue weighted by atomic mass is 9.64. The molecule has 1 aliphatic heterocycles. The van der Waals surface area contributed by atoms with Crippen molar-refractivity contribution in [3.63, 3.8) is 0 Å². The quantitative estimate of drug-likeness (QED) is 0.440. The Kier molecular flexibility index (Phi) is 2.74. The summed E-state index contributed by atoms with van der Waals surface area (Å²) in [5, 5.41) is 1.21. The Morgan fingerprint density at radius 3 is 2.60 bits per heavy atom. The number of hydrogen-bond donors (Lipinski definition) is 0. The van der Waals surface area contributed by atoms with Crippen molar-refractivity contribution in [2.75, 3.05) is 10.7 Å². The summed E-state index contributed by atoms with van der Waals surface area (Å²) in [6, 6.07) is 0. The largest absolute Gasteiger partial charge is 0.392 e. The first-order valence-electron chi connectivity index (χ1n) is 4.90. The van der Waals surface area contributed by atoms with E-state index in [1.54, 1.807) is 0 Å². The fourth-order valence-electron chi connectivity index (χ4n) is 2.80. The van der Waals surface area contributed by atoms with Gasteiger partial charge in [0.15, 0.2) is 0 Å². The molecule has 0 aromatic carbocycles. The third-order valence-electron chi connectivity index (χ3n) is 4.10. The first-order valence-corrected chi connectivity index (χ1v) is 7.14. The second-order valence-corrected chi connectivity index (χ2v) is 5.69. The lowest BCUT2D eigenvalue weighted by molar-refractivity contribution is -0.184. The highest BCUT2D eigenvalue weighted by Crippen LogP contribution is 2.61. The Hall–Kier alpha value is 0.1000. The SMILES string of the molecule is CC1(CBr)C2CCC1(CBr)C(=O)OC2=O. The molecule has 84 valence electrons. The number of esters is 2. The van der Waals surface area contributed by atoms with Crippen LogP contribution < -0.4 is 0 Å². The summed E-state index contributed by atoms with van der Waals surface area (Å²) in [4.78, 5) is 23.5. The minimum atomic E-state index is -0.533. The summed E-state index contributed by atoms with van der Waals surface area (Å²) < 4.78 is 4.84. The highest BCUT2D eigenvalue weighted by molar-refractivity contribution is 9.09. The van der Waals surface area contributed by atoms with E-state index in [1.165, 1.54) is 0 Å². The molecule has 0 radical (unpaired) electrons. The topological polar surface area (TPSA) is 43.4 Å². The van der Waals surface area contributed by atoms with E-state index in [0.29, 0.717) is 10.7 Å². The van der Waals surface area contributed by atoms with Gasteiger partial charge in [0, 0.05) is 16.1 Å². The van der Waals surface area contributed by atoms with Gasteiger partial charge in [0.1, 0.15) is 0 Å². The van der Waals surface area contributed by atoms with Gasteiger partial charge in [-0.15, -0.1) is 0 Å². The Labute approximate surface area is 105 Å². The van der Waals surface area contributed by atoms with Crippen LogP contribution in [0.4, 0.5) is 0 Å². The minimum absolute atomic E-state index is 0.146. The maximum Gasteiger partial charge on any atom is 0.321 e. The van der Waals surface area contributed by atoms with E-state index >= 15 is 0 Å². The Morgan fingerprint density at radius 2 is 2.07 bits per heavy atom. The van der Waals surface area contributed by atoms with Crippen LogP contribution in [0.25, 0.3) is 0 Å². The first-order chi connectivity index (χ1) is 7.02. The van der Waals surface area contributed by atoms with Crippen LogP contribution in [-0.4, -0.2) is 22.6 Å². The van der Waals surface area contributed by atoms with E-state index < -0.39 is 5.41 Å². The minimum Gasteiger partial charge on any atom is -0.392 e. The molecule has 2 fully saturated rings. The molecule has 1 heterocycles. The third kappa shape index (κ3) is 1.22. The lowest BCUT2D eigenvalue weighted by Gasteiger charge is -2.44. The fourth-order valence-corrected chi connectivity index (χ4v) is 4.87. The molecule has 0 spiro atoms. The van der Waals surface area contributed by atoms with Gasteiger partial charge >= 0.3 is 11.9 Å². The monoisotopic (exact) mass is 338 g/mol. The zero-order valence-corrected chi connectivity index (χ0v) is 11.6. The second kappa shape index (κ2) is 3.55. The molecule has 0 amide bonds. The van der Waals surface area contributed by atoms with Gasteiger partial charge in [-0.05, 0) is 12.8 Å². The van der Waals surface area contributed by atoms with Crippen molar-refractivity contribution in [3.05, 3.63) is 0 Å². The van der Waals surface area contributed by atoms with Crippen molar-refractivity contribution in [2.45, 2.75) is 19.8 Å². The number of ether oxygens (including phenoxy) is 1. The van der Waals surface area contributed by atoms with Crippen LogP contribution in [0.1, 0.15) is 19.8 Å². The number of alkyl halides is 2. The zero-order chi connectivity index (χ0) is 11.3. The second-order valence-electron chi connectivity index (χ2n) is 4.57. The molecule has 1 saturated carbocycles. The molecule has 2 aliphatic rings. The summed E-state index contributed by atoms with van der Waals surface area (Å²) in [6.07, 6.45) is 1.48. The molecule has 0 aromatic rings. The fraction of sp³-hybridized carbons (Fsp3) is 0.800. The van der Waals surface area contributed by atoms with E-state index in [0.717, 1.165) is 12.8 Å². The van der Waals surface area contributed by atoms with Gasteiger partial charge in [0.25, 0.3) is 0 Å². The van der Waals surface area contributed by atoms with Gasteiger partial charge in [-0.3, -0.25) is 9.59 Å². The normalized spacial score (nSPS) is 44.3. The van der Waals surface area contributed by atoms with Gasteiger partial charge in [-0.2, -0.15) is 0 Å². The Morgan fingerprint density at radius 1 is 1.40 bits per heavy atom. The lowest BCUT2D eigenvalue weighted by Crippen LogP contribution is -2.55. The molecule has 5 heteroatoms. The number of carbonyl (C=O) groups is 2. The van der Waals surface area contributed by atoms with Crippen LogP contribution in [0, 0.1) is 16.7 Å². The van der Waals surface area contributed by atoms with E-state index in [4.69, 9.17) is 4.74 Å². The molecule has 1 saturated heterocycles. The predicted octanol–water partition coefficient (Wildman–Crippen LogP) is 2.26. The molecular weight excluding hydrogens is 328 g/mol. The highest BCUT2D eigenvalue weighted by Gasteiger charge is 2.67. The molecular formula is C10H12Br2O3. The molecule has 3 atom stereocenters. The average Bonchev–Trinajstić information content (AvgIpc) is 2.44. The number of carbonyl (C=O) groups excluding carboxylic acids is 2. The maximum absolute atomic E-state index is 11.9. The number of halogens is 2. The standard InChI is InChI=1S/C10H12Br2O3/c1-9(4-11)6-2-3-10(9,5-12)8(14)15-7(6)13/h6H,2-5H2,1H3. The van der Waals surface area contributed by atoms with Crippen molar-refractivity contribution < 1.29 is 14.3 Å². The van der Waals surface area contributed by atoms with Crippen molar-refractivity contribution in [2.24, 2.45) is 16.7 Å². The van der Waals surface area contributed by atoms with Crippen LogP contribution in [0.3, 0.4) is 0 Å². The number of hydrogen-bond acceptors (Lipinski definition) is 3. The van der Waals surface area contributed by atoms with E-state index in [2.05, 4.69) is 31.9 Å².